The van der Waals surface area contributed by atoms with Crippen molar-refractivity contribution in [2.24, 2.45) is 0 Å². The number of fused-ring (bicyclic) bond motifs is 3. The smallest absolute Gasteiger partial charge is 0.182 e. The van der Waals surface area contributed by atoms with E-state index in [1.807, 2.05) is 85.2 Å². The Hall–Kier alpha value is -5.03. The van der Waals surface area contributed by atoms with Gasteiger partial charge in [-0.15, -0.1) is 0 Å². The molecule has 0 amide bonds. The first-order valence-electron chi connectivity index (χ1n) is 12.2. The van der Waals surface area contributed by atoms with E-state index in [0.29, 0.717) is 23.2 Å². The number of nitrogens with zero attached hydrogens (tertiary/aromatic N) is 5. The van der Waals surface area contributed by atoms with Crippen molar-refractivity contribution in [1.82, 2.24) is 24.9 Å². The van der Waals surface area contributed by atoms with Gasteiger partial charge >= 0.3 is 0 Å². The lowest BCUT2D eigenvalue weighted by Crippen LogP contribution is -2.01. The SMILES string of the molecule is c1ccc(-c2nc(-c3ccccc3)nc(-c3ccc(-c4cccc5c4Cc4cccnc4-5)cn3)n2)cc1. The minimum absolute atomic E-state index is 0.550. The van der Waals surface area contributed by atoms with Crippen LogP contribution in [-0.2, 0) is 6.42 Å². The van der Waals surface area contributed by atoms with Crippen LogP contribution in [0.5, 0.6) is 0 Å². The molecule has 0 N–H and O–H groups in total. The van der Waals surface area contributed by atoms with Crippen molar-refractivity contribution in [2.45, 2.75) is 6.42 Å². The van der Waals surface area contributed by atoms with Gasteiger partial charge in [0.05, 0.1) is 5.69 Å². The van der Waals surface area contributed by atoms with Gasteiger partial charge in [-0.25, -0.2) is 15.0 Å². The summed E-state index contributed by atoms with van der Waals surface area (Å²) < 4.78 is 0. The maximum absolute atomic E-state index is 4.80. The molecule has 0 atom stereocenters. The third-order valence-electron chi connectivity index (χ3n) is 6.69. The average molecular weight is 476 g/mol. The summed E-state index contributed by atoms with van der Waals surface area (Å²) in [7, 11) is 0. The molecule has 0 spiro atoms. The van der Waals surface area contributed by atoms with E-state index in [1.54, 1.807) is 0 Å². The summed E-state index contributed by atoms with van der Waals surface area (Å²) in [4.78, 5) is 23.8. The minimum atomic E-state index is 0.550. The predicted molar refractivity (Wildman–Crippen MR) is 145 cm³/mol. The Labute approximate surface area is 214 Å². The fourth-order valence-electron chi connectivity index (χ4n) is 4.89. The molecule has 0 bridgehead atoms. The van der Waals surface area contributed by atoms with Crippen LogP contribution in [0.4, 0.5) is 0 Å². The van der Waals surface area contributed by atoms with Crippen molar-refractivity contribution >= 4 is 0 Å². The molecule has 0 radical (unpaired) electrons. The van der Waals surface area contributed by atoms with Crippen molar-refractivity contribution in [3.8, 4) is 56.7 Å². The molecule has 0 fully saturated rings. The molecule has 0 saturated heterocycles. The van der Waals surface area contributed by atoms with Crippen LogP contribution in [0.1, 0.15) is 11.1 Å². The van der Waals surface area contributed by atoms with Gasteiger partial charge in [0.1, 0.15) is 5.69 Å². The van der Waals surface area contributed by atoms with Gasteiger partial charge < -0.3 is 0 Å². The highest BCUT2D eigenvalue weighted by Gasteiger charge is 2.22. The third-order valence-corrected chi connectivity index (χ3v) is 6.69. The monoisotopic (exact) mass is 475 g/mol. The fourth-order valence-corrected chi connectivity index (χ4v) is 4.89. The summed E-state index contributed by atoms with van der Waals surface area (Å²) in [5.41, 5.74) is 9.67. The molecule has 1 aliphatic carbocycles. The van der Waals surface area contributed by atoms with Crippen LogP contribution >= 0.6 is 0 Å². The van der Waals surface area contributed by atoms with Crippen molar-refractivity contribution in [3.63, 3.8) is 0 Å². The van der Waals surface area contributed by atoms with Crippen LogP contribution in [0.15, 0.2) is 116 Å². The Morgan fingerprint density at radius 1 is 0.486 bits per heavy atom. The van der Waals surface area contributed by atoms with Gasteiger partial charge in [0.25, 0.3) is 0 Å². The second-order valence-corrected chi connectivity index (χ2v) is 8.99. The van der Waals surface area contributed by atoms with Gasteiger partial charge in [0.15, 0.2) is 17.5 Å². The predicted octanol–water partition coefficient (Wildman–Crippen LogP) is 6.90. The molecule has 0 unspecified atom stereocenters. The van der Waals surface area contributed by atoms with E-state index in [-0.39, 0.29) is 0 Å². The number of aromatic nitrogens is 5. The number of hydrogen-bond acceptors (Lipinski definition) is 5. The zero-order valence-corrected chi connectivity index (χ0v) is 19.9. The normalized spacial score (nSPS) is 11.7. The molecular formula is C32H21N5. The standard InChI is InChI=1S/C32H21N5/c1-3-9-21(10-4-1)30-35-31(22-11-5-2-6-12-22)37-32(36-30)28-17-16-24(20-34-28)25-14-7-15-26-27(25)19-23-13-8-18-33-29(23)26/h1-18,20H,19H2. The Balaban J connectivity index is 1.30. The van der Waals surface area contributed by atoms with Crippen LogP contribution in [-0.4, -0.2) is 24.9 Å². The minimum Gasteiger partial charge on any atom is -0.256 e. The molecular weight excluding hydrogens is 454 g/mol. The van der Waals surface area contributed by atoms with Crippen molar-refractivity contribution in [2.75, 3.05) is 0 Å². The maximum atomic E-state index is 4.80. The Morgan fingerprint density at radius 3 is 1.84 bits per heavy atom. The fraction of sp³-hybridized carbons (Fsp3) is 0.0312. The summed E-state index contributed by atoms with van der Waals surface area (Å²) in [6.45, 7) is 0. The lowest BCUT2D eigenvalue weighted by molar-refractivity contribution is 1.06. The number of pyridine rings is 2. The highest BCUT2D eigenvalue weighted by atomic mass is 15.0. The highest BCUT2D eigenvalue weighted by Crippen LogP contribution is 2.40. The van der Waals surface area contributed by atoms with Crippen molar-refractivity contribution < 1.29 is 0 Å². The topological polar surface area (TPSA) is 64.5 Å². The molecule has 0 aliphatic heterocycles. The van der Waals surface area contributed by atoms with Crippen LogP contribution in [0.25, 0.3) is 56.7 Å². The van der Waals surface area contributed by atoms with E-state index in [1.165, 1.54) is 22.3 Å². The van der Waals surface area contributed by atoms with Gasteiger partial charge in [0.2, 0.25) is 0 Å². The van der Waals surface area contributed by atoms with E-state index in [4.69, 9.17) is 19.9 Å². The van der Waals surface area contributed by atoms with E-state index in [2.05, 4.69) is 35.3 Å². The molecule has 5 heteroatoms. The van der Waals surface area contributed by atoms with Gasteiger partial charge in [-0.3, -0.25) is 9.97 Å². The first-order chi connectivity index (χ1) is 18.3. The van der Waals surface area contributed by atoms with Crippen molar-refractivity contribution in [1.29, 1.82) is 0 Å². The maximum Gasteiger partial charge on any atom is 0.182 e. The van der Waals surface area contributed by atoms with Crippen LogP contribution < -0.4 is 0 Å². The molecule has 6 aromatic rings. The number of rotatable bonds is 4. The zero-order valence-electron chi connectivity index (χ0n) is 19.9. The van der Waals surface area contributed by atoms with Crippen molar-refractivity contribution in [3.05, 3.63) is 127 Å². The van der Waals surface area contributed by atoms with E-state index in [9.17, 15) is 0 Å². The van der Waals surface area contributed by atoms with E-state index in [0.717, 1.165) is 28.8 Å². The van der Waals surface area contributed by atoms with Crippen LogP contribution in [0.3, 0.4) is 0 Å². The molecule has 174 valence electrons. The quantitative estimate of drug-likeness (QED) is 0.277. The van der Waals surface area contributed by atoms with E-state index < -0.39 is 0 Å². The molecule has 3 heterocycles. The third kappa shape index (κ3) is 3.87. The second-order valence-electron chi connectivity index (χ2n) is 8.99. The lowest BCUT2D eigenvalue weighted by Gasteiger charge is -2.10. The Kier molecular flexibility index (Phi) is 5.10. The van der Waals surface area contributed by atoms with Crippen LogP contribution in [0, 0.1) is 0 Å². The van der Waals surface area contributed by atoms with Gasteiger partial charge in [-0.2, -0.15) is 0 Å². The Morgan fingerprint density at radius 2 is 1.16 bits per heavy atom. The average Bonchev–Trinajstić information content (AvgIpc) is 3.37. The summed E-state index contributed by atoms with van der Waals surface area (Å²) >= 11 is 0. The van der Waals surface area contributed by atoms with Gasteiger partial charge in [-0.05, 0) is 28.8 Å². The first kappa shape index (κ1) is 21.3. The molecule has 7 rings (SSSR count). The number of benzene rings is 3. The number of hydrogen-bond donors (Lipinski definition) is 0. The molecule has 1 aliphatic rings. The largest absolute Gasteiger partial charge is 0.256 e. The lowest BCUT2D eigenvalue weighted by atomic mass is 9.97. The summed E-state index contributed by atoms with van der Waals surface area (Å²) in [6.07, 6.45) is 4.65. The molecule has 3 aromatic carbocycles. The Bertz CT molecular complexity index is 1670. The van der Waals surface area contributed by atoms with Crippen LogP contribution in [0.2, 0.25) is 0 Å². The molecule has 5 nitrogen and oxygen atoms in total. The van der Waals surface area contributed by atoms with Gasteiger partial charge in [0, 0.05) is 41.1 Å². The zero-order chi connectivity index (χ0) is 24.6. The first-order valence-corrected chi connectivity index (χ1v) is 12.2. The summed E-state index contributed by atoms with van der Waals surface area (Å²) in [5, 5.41) is 0. The summed E-state index contributed by atoms with van der Waals surface area (Å²) in [6, 6.07) is 34.6. The molecule has 3 aromatic heterocycles. The molecule has 0 saturated carbocycles. The van der Waals surface area contributed by atoms with Gasteiger partial charge in [-0.1, -0.05) is 91.0 Å². The highest BCUT2D eigenvalue weighted by molar-refractivity contribution is 5.83. The van der Waals surface area contributed by atoms with E-state index >= 15 is 0 Å². The summed E-state index contributed by atoms with van der Waals surface area (Å²) in [5.74, 6) is 1.80. The molecule has 37 heavy (non-hydrogen) atoms. The second kappa shape index (κ2) is 8.88.